The van der Waals surface area contributed by atoms with Crippen molar-refractivity contribution in [3.05, 3.63) is 63.2 Å². The number of hydrogen-bond acceptors (Lipinski definition) is 3. The number of rotatable bonds is 3. The highest BCUT2D eigenvalue weighted by Gasteiger charge is 2.10. The van der Waals surface area contributed by atoms with Crippen LogP contribution < -0.4 is 0 Å². The van der Waals surface area contributed by atoms with Gasteiger partial charge in [0.2, 0.25) is 0 Å². The van der Waals surface area contributed by atoms with Crippen LogP contribution in [0.4, 0.5) is 5.69 Å². The second kappa shape index (κ2) is 5.07. The van der Waals surface area contributed by atoms with Gasteiger partial charge in [0.1, 0.15) is 0 Å². The van der Waals surface area contributed by atoms with Crippen molar-refractivity contribution in [1.29, 1.82) is 0 Å². The summed E-state index contributed by atoms with van der Waals surface area (Å²) in [4.78, 5) is 21.0. The molecular weight excluding hydrogens is 270 g/mol. The second-order valence-corrected chi connectivity index (χ2v) is 4.21. The number of nitrogens with zero attached hydrogens (tertiary/aromatic N) is 1. The topological polar surface area (TPSA) is 80.4 Å². The first kappa shape index (κ1) is 13.0. The summed E-state index contributed by atoms with van der Waals surface area (Å²) in [6.07, 6.45) is 0. The minimum absolute atomic E-state index is 0.0331. The molecule has 0 radical (unpaired) electrons. The molecule has 5 nitrogen and oxygen atoms in total. The maximum atomic E-state index is 10.9. The molecule has 0 bridgehead atoms. The number of aromatic carboxylic acids is 1. The van der Waals surface area contributed by atoms with Gasteiger partial charge in [-0.05, 0) is 35.9 Å². The van der Waals surface area contributed by atoms with Crippen LogP contribution in [-0.4, -0.2) is 16.0 Å². The third-order valence-electron chi connectivity index (χ3n) is 2.60. The van der Waals surface area contributed by atoms with Gasteiger partial charge < -0.3 is 5.11 Å². The van der Waals surface area contributed by atoms with Crippen molar-refractivity contribution in [2.75, 3.05) is 0 Å². The monoisotopic (exact) mass is 277 g/mol. The van der Waals surface area contributed by atoms with E-state index in [0.29, 0.717) is 16.1 Å². The Kier molecular flexibility index (Phi) is 3.48. The second-order valence-electron chi connectivity index (χ2n) is 3.80. The summed E-state index contributed by atoms with van der Waals surface area (Å²) in [6.45, 7) is 0. The molecule has 2 rings (SSSR count). The lowest BCUT2D eigenvalue weighted by molar-refractivity contribution is -0.384. The molecule has 2 aromatic carbocycles. The molecule has 0 aliphatic carbocycles. The fourth-order valence-electron chi connectivity index (χ4n) is 1.64. The highest BCUT2D eigenvalue weighted by Crippen LogP contribution is 2.30. The molecule has 0 aromatic heterocycles. The molecule has 6 heteroatoms. The van der Waals surface area contributed by atoms with Crippen LogP contribution in [0.25, 0.3) is 11.1 Å². The van der Waals surface area contributed by atoms with E-state index in [1.165, 1.54) is 42.5 Å². The van der Waals surface area contributed by atoms with Gasteiger partial charge >= 0.3 is 5.97 Å². The number of carboxylic acids is 1. The van der Waals surface area contributed by atoms with E-state index in [2.05, 4.69) is 0 Å². The summed E-state index contributed by atoms with van der Waals surface area (Å²) in [5.74, 6) is -1.06. The smallest absolute Gasteiger partial charge is 0.335 e. The van der Waals surface area contributed by atoms with Crippen molar-refractivity contribution in [3.8, 4) is 11.1 Å². The number of hydrogen-bond donors (Lipinski definition) is 1. The van der Waals surface area contributed by atoms with Gasteiger partial charge in [-0.3, -0.25) is 10.1 Å². The van der Waals surface area contributed by atoms with Crippen LogP contribution >= 0.6 is 11.6 Å². The van der Waals surface area contributed by atoms with Gasteiger partial charge in [0, 0.05) is 22.7 Å². The van der Waals surface area contributed by atoms with Gasteiger partial charge in [-0.15, -0.1) is 0 Å². The normalized spacial score (nSPS) is 10.2. The highest BCUT2D eigenvalue weighted by molar-refractivity contribution is 6.33. The molecule has 0 saturated carbocycles. The lowest BCUT2D eigenvalue weighted by Gasteiger charge is -2.05. The fourth-order valence-corrected chi connectivity index (χ4v) is 1.87. The van der Waals surface area contributed by atoms with Crippen molar-refractivity contribution >= 4 is 23.3 Å². The molecule has 0 spiro atoms. The molecule has 0 unspecified atom stereocenters. The third kappa shape index (κ3) is 2.71. The molecule has 0 aliphatic heterocycles. The zero-order valence-corrected chi connectivity index (χ0v) is 10.3. The van der Waals surface area contributed by atoms with Crippen LogP contribution in [0.15, 0.2) is 42.5 Å². The lowest BCUT2D eigenvalue weighted by atomic mass is 10.0. The minimum Gasteiger partial charge on any atom is -0.478 e. The lowest BCUT2D eigenvalue weighted by Crippen LogP contribution is -1.96. The summed E-state index contributed by atoms with van der Waals surface area (Å²) < 4.78 is 0. The average Bonchev–Trinajstić information content (AvgIpc) is 2.39. The zero-order valence-electron chi connectivity index (χ0n) is 9.54. The van der Waals surface area contributed by atoms with Crippen molar-refractivity contribution in [2.45, 2.75) is 0 Å². The molecule has 0 aliphatic rings. The molecule has 2 aromatic rings. The van der Waals surface area contributed by atoms with E-state index < -0.39 is 10.9 Å². The molecule has 0 amide bonds. The first-order valence-electron chi connectivity index (χ1n) is 5.26. The number of nitro benzene ring substituents is 1. The first-order valence-corrected chi connectivity index (χ1v) is 5.64. The van der Waals surface area contributed by atoms with E-state index in [1.807, 2.05) is 0 Å². The van der Waals surface area contributed by atoms with Crippen molar-refractivity contribution in [1.82, 2.24) is 0 Å². The Balaban J connectivity index is 2.48. The molecular formula is C13H8ClNO4. The van der Waals surface area contributed by atoms with Crippen LogP contribution in [0.3, 0.4) is 0 Å². The summed E-state index contributed by atoms with van der Waals surface area (Å²) in [7, 11) is 0. The molecule has 0 heterocycles. The van der Waals surface area contributed by atoms with Gasteiger partial charge in [0.15, 0.2) is 0 Å². The van der Waals surface area contributed by atoms with Crippen molar-refractivity contribution in [3.63, 3.8) is 0 Å². The molecule has 96 valence electrons. The Morgan fingerprint density at radius 2 is 1.79 bits per heavy atom. The summed E-state index contributed by atoms with van der Waals surface area (Å²) in [5, 5.41) is 19.9. The van der Waals surface area contributed by atoms with Crippen molar-refractivity contribution < 1.29 is 14.8 Å². The van der Waals surface area contributed by atoms with Gasteiger partial charge in [-0.2, -0.15) is 0 Å². The number of carbonyl (C=O) groups is 1. The van der Waals surface area contributed by atoms with Crippen LogP contribution in [0.1, 0.15) is 10.4 Å². The van der Waals surface area contributed by atoms with Gasteiger partial charge in [0.05, 0.1) is 10.5 Å². The Morgan fingerprint density at radius 1 is 1.16 bits per heavy atom. The van der Waals surface area contributed by atoms with Crippen LogP contribution in [0.5, 0.6) is 0 Å². The van der Waals surface area contributed by atoms with E-state index in [1.54, 1.807) is 0 Å². The van der Waals surface area contributed by atoms with Gasteiger partial charge in [-0.25, -0.2) is 4.79 Å². The minimum atomic E-state index is -1.06. The standard InChI is InChI=1S/C13H8ClNO4/c14-12-6-3-9(13(16)17)7-11(12)8-1-4-10(5-2-8)15(18)19/h1-7H,(H,16,17). The number of halogens is 1. The maximum Gasteiger partial charge on any atom is 0.335 e. The largest absolute Gasteiger partial charge is 0.478 e. The number of non-ortho nitro benzene ring substituents is 1. The van der Waals surface area contributed by atoms with E-state index >= 15 is 0 Å². The van der Waals surface area contributed by atoms with E-state index in [9.17, 15) is 14.9 Å². The molecule has 1 N–H and O–H groups in total. The Labute approximate surface area is 113 Å². The maximum absolute atomic E-state index is 10.9. The first-order chi connectivity index (χ1) is 8.99. The zero-order chi connectivity index (χ0) is 14.0. The van der Waals surface area contributed by atoms with E-state index in [4.69, 9.17) is 16.7 Å². The third-order valence-corrected chi connectivity index (χ3v) is 2.93. The molecule has 0 saturated heterocycles. The number of benzene rings is 2. The molecule has 19 heavy (non-hydrogen) atoms. The highest BCUT2D eigenvalue weighted by atomic mass is 35.5. The summed E-state index contributed by atoms with van der Waals surface area (Å²) in [6, 6.07) is 10.1. The van der Waals surface area contributed by atoms with E-state index in [0.717, 1.165) is 0 Å². The Hall–Kier alpha value is -2.40. The van der Waals surface area contributed by atoms with Crippen LogP contribution in [0, 0.1) is 10.1 Å². The van der Waals surface area contributed by atoms with Gasteiger partial charge in [0.25, 0.3) is 5.69 Å². The summed E-state index contributed by atoms with van der Waals surface area (Å²) >= 11 is 6.01. The predicted octanol–water partition coefficient (Wildman–Crippen LogP) is 3.61. The molecule has 0 fully saturated rings. The average molecular weight is 278 g/mol. The number of carboxylic acid groups (broad SMARTS) is 1. The van der Waals surface area contributed by atoms with Gasteiger partial charge in [-0.1, -0.05) is 11.6 Å². The number of nitro groups is 1. The van der Waals surface area contributed by atoms with Crippen molar-refractivity contribution in [2.24, 2.45) is 0 Å². The van der Waals surface area contributed by atoms with Crippen LogP contribution in [-0.2, 0) is 0 Å². The van der Waals surface area contributed by atoms with E-state index in [-0.39, 0.29) is 11.3 Å². The SMILES string of the molecule is O=C(O)c1ccc(Cl)c(-c2ccc([N+](=O)[O-])cc2)c1. The quantitative estimate of drug-likeness (QED) is 0.686. The van der Waals surface area contributed by atoms with Crippen LogP contribution in [0.2, 0.25) is 5.02 Å². The Morgan fingerprint density at radius 3 is 2.32 bits per heavy atom. The summed E-state index contributed by atoms with van der Waals surface area (Å²) in [5.41, 5.74) is 1.22. The predicted molar refractivity (Wildman–Crippen MR) is 70.5 cm³/mol. The Bertz CT molecular complexity index is 652. The fraction of sp³-hybridized carbons (Fsp3) is 0. The molecule has 0 atom stereocenters.